The van der Waals surface area contributed by atoms with Crippen LogP contribution < -0.4 is 16.8 Å². The highest BCUT2D eigenvalue weighted by molar-refractivity contribution is 6.01. The number of ether oxygens (including phenoxy) is 1. The number of hydrogen-bond donors (Lipinski definition) is 3. The average molecular weight is 294 g/mol. The minimum Gasteiger partial charge on any atom is -0.399 e. The molecule has 0 fully saturated rings. The van der Waals surface area contributed by atoms with Crippen molar-refractivity contribution in [3.63, 3.8) is 0 Å². The number of nitrogen functional groups attached to an aromatic ring is 2. The summed E-state index contributed by atoms with van der Waals surface area (Å²) in [6, 6.07) is 4.67. The lowest BCUT2D eigenvalue weighted by Crippen LogP contribution is -2.39. The first-order valence-electron chi connectivity index (χ1n) is 6.61. The first-order valence-corrected chi connectivity index (χ1v) is 6.61. The van der Waals surface area contributed by atoms with Gasteiger partial charge in [-0.25, -0.2) is 0 Å². The summed E-state index contributed by atoms with van der Waals surface area (Å²) in [5.74, 6) is -0.546. The lowest BCUT2D eigenvalue weighted by atomic mass is 10.1. The monoisotopic (exact) mass is 294 g/mol. The standard InChI is InChI=1S/C14H22N4O3/c1-18(9-13(19)17-6-3-7-21-2)14(20)11-5-4-10(15)8-12(11)16/h4-5,8H,3,6-7,9,15-16H2,1-2H3,(H,17,19). The Labute approximate surface area is 124 Å². The number of carbonyl (C=O) groups excluding carboxylic acids is 2. The van der Waals surface area contributed by atoms with Gasteiger partial charge in [0.05, 0.1) is 12.1 Å². The molecule has 0 saturated heterocycles. The average Bonchev–Trinajstić information content (AvgIpc) is 2.43. The van der Waals surface area contributed by atoms with Gasteiger partial charge in [-0.05, 0) is 24.6 Å². The number of nitrogens with two attached hydrogens (primary N) is 2. The van der Waals surface area contributed by atoms with E-state index in [1.54, 1.807) is 26.3 Å². The second-order valence-electron chi connectivity index (χ2n) is 4.70. The molecule has 0 radical (unpaired) electrons. The smallest absolute Gasteiger partial charge is 0.256 e. The Morgan fingerprint density at radius 2 is 2.05 bits per heavy atom. The van der Waals surface area contributed by atoms with Crippen LogP contribution in [0.2, 0.25) is 0 Å². The largest absolute Gasteiger partial charge is 0.399 e. The van der Waals surface area contributed by atoms with Gasteiger partial charge < -0.3 is 26.4 Å². The molecule has 0 bridgehead atoms. The molecule has 1 aromatic carbocycles. The van der Waals surface area contributed by atoms with E-state index in [2.05, 4.69) is 5.32 Å². The van der Waals surface area contributed by atoms with Gasteiger partial charge in [0, 0.05) is 38.7 Å². The maximum atomic E-state index is 12.2. The summed E-state index contributed by atoms with van der Waals surface area (Å²) >= 11 is 0. The number of rotatable bonds is 7. The van der Waals surface area contributed by atoms with Gasteiger partial charge in [0.15, 0.2) is 0 Å². The fourth-order valence-electron chi connectivity index (χ4n) is 1.77. The molecule has 0 atom stereocenters. The van der Waals surface area contributed by atoms with Gasteiger partial charge in [0.25, 0.3) is 5.91 Å². The van der Waals surface area contributed by atoms with Crippen LogP contribution in [-0.2, 0) is 9.53 Å². The quantitative estimate of drug-likeness (QED) is 0.487. The van der Waals surface area contributed by atoms with Crippen LogP contribution in [0.5, 0.6) is 0 Å². The van der Waals surface area contributed by atoms with E-state index >= 15 is 0 Å². The lowest BCUT2D eigenvalue weighted by molar-refractivity contribution is -0.121. The Morgan fingerprint density at radius 3 is 2.67 bits per heavy atom. The van der Waals surface area contributed by atoms with E-state index in [0.29, 0.717) is 30.1 Å². The van der Waals surface area contributed by atoms with Crippen molar-refractivity contribution in [1.82, 2.24) is 10.2 Å². The lowest BCUT2D eigenvalue weighted by Gasteiger charge is -2.18. The zero-order valence-electron chi connectivity index (χ0n) is 12.4. The van der Waals surface area contributed by atoms with Crippen molar-refractivity contribution in [1.29, 1.82) is 0 Å². The predicted molar refractivity (Wildman–Crippen MR) is 81.7 cm³/mol. The molecular formula is C14H22N4O3. The van der Waals surface area contributed by atoms with Crippen LogP contribution in [0.25, 0.3) is 0 Å². The number of nitrogens with one attached hydrogen (secondary N) is 1. The molecule has 0 spiro atoms. The van der Waals surface area contributed by atoms with Crippen LogP contribution in [0.4, 0.5) is 11.4 Å². The molecule has 21 heavy (non-hydrogen) atoms. The summed E-state index contributed by atoms with van der Waals surface area (Å²) in [5, 5.41) is 2.71. The maximum absolute atomic E-state index is 12.2. The zero-order valence-corrected chi connectivity index (χ0v) is 12.4. The molecule has 0 heterocycles. The van der Waals surface area contributed by atoms with E-state index in [-0.39, 0.29) is 18.4 Å². The van der Waals surface area contributed by atoms with Crippen molar-refractivity contribution in [2.75, 3.05) is 45.3 Å². The molecule has 0 aliphatic carbocycles. The molecule has 1 rings (SSSR count). The number of anilines is 2. The topological polar surface area (TPSA) is 111 Å². The van der Waals surface area contributed by atoms with Gasteiger partial charge in [-0.1, -0.05) is 0 Å². The van der Waals surface area contributed by atoms with Gasteiger partial charge in [0.2, 0.25) is 5.91 Å². The van der Waals surface area contributed by atoms with E-state index in [9.17, 15) is 9.59 Å². The number of methoxy groups -OCH3 is 1. The number of hydrogen-bond acceptors (Lipinski definition) is 5. The van der Waals surface area contributed by atoms with Crippen LogP contribution in [0.15, 0.2) is 18.2 Å². The summed E-state index contributed by atoms with van der Waals surface area (Å²) < 4.78 is 4.88. The van der Waals surface area contributed by atoms with Crippen molar-refractivity contribution in [2.24, 2.45) is 0 Å². The fourth-order valence-corrected chi connectivity index (χ4v) is 1.77. The second-order valence-corrected chi connectivity index (χ2v) is 4.70. The maximum Gasteiger partial charge on any atom is 0.256 e. The number of carbonyl (C=O) groups is 2. The first-order chi connectivity index (χ1) is 9.95. The molecule has 1 aromatic rings. The molecular weight excluding hydrogens is 272 g/mol. The first kappa shape index (κ1) is 16.8. The van der Waals surface area contributed by atoms with E-state index in [1.807, 2.05) is 0 Å². The van der Waals surface area contributed by atoms with Crippen LogP contribution in [0.3, 0.4) is 0 Å². The number of likely N-dealkylation sites (N-methyl/N-ethyl adjacent to an activating group) is 1. The third kappa shape index (κ3) is 5.31. The normalized spacial score (nSPS) is 10.2. The van der Waals surface area contributed by atoms with E-state index in [4.69, 9.17) is 16.2 Å². The number of nitrogens with zero attached hydrogens (tertiary/aromatic N) is 1. The van der Waals surface area contributed by atoms with Crippen molar-refractivity contribution in [3.05, 3.63) is 23.8 Å². The number of benzene rings is 1. The Hall–Kier alpha value is -2.28. The highest BCUT2D eigenvalue weighted by Gasteiger charge is 2.17. The summed E-state index contributed by atoms with van der Waals surface area (Å²) in [6.07, 6.45) is 0.727. The van der Waals surface area contributed by atoms with Crippen molar-refractivity contribution < 1.29 is 14.3 Å². The summed E-state index contributed by atoms with van der Waals surface area (Å²) in [4.78, 5) is 25.2. The van der Waals surface area contributed by atoms with Crippen LogP contribution in [-0.4, -0.2) is 50.6 Å². The molecule has 2 amide bonds. The molecule has 7 heteroatoms. The third-order valence-electron chi connectivity index (χ3n) is 2.88. The minimum atomic E-state index is -0.320. The van der Waals surface area contributed by atoms with E-state index in [0.717, 1.165) is 6.42 Å². The zero-order chi connectivity index (χ0) is 15.8. The molecule has 0 unspecified atom stereocenters. The van der Waals surface area contributed by atoms with Crippen LogP contribution in [0.1, 0.15) is 16.8 Å². The molecule has 0 saturated carbocycles. The second kappa shape index (κ2) is 8.11. The van der Waals surface area contributed by atoms with Gasteiger partial charge >= 0.3 is 0 Å². The van der Waals surface area contributed by atoms with Crippen LogP contribution >= 0.6 is 0 Å². The summed E-state index contributed by atoms with van der Waals surface area (Å²) in [7, 11) is 3.15. The SMILES string of the molecule is COCCCNC(=O)CN(C)C(=O)c1ccc(N)cc1N. The summed E-state index contributed by atoms with van der Waals surface area (Å²) in [6.45, 7) is 1.06. The molecule has 116 valence electrons. The molecule has 0 aliphatic heterocycles. The summed E-state index contributed by atoms with van der Waals surface area (Å²) in [5.41, 5.74) is 12.5. The van der Waals surface area contributed by atoms with Crippen molar-refractivity contribution >= 4 is 23.2 Å². The van der Waals surface area contributed by atoms with E-state index < -0.39 is 0 Å². The third-order valence-corrected chi connectivity index (χ3v) is 2.88. The van der Waals surface area contributed by atoms with Gasteiger partial charge in [-0.15, -0.1) is 0 Å². The predicted octanol–water partition coefficient (Wildman–Crippen LogP) is 0.0757. The van der Waals surface area contributed by atoms with Crippen molar-refractivity contribution in [2.45, 2.75) is 6.42 Å². The minimum absolute atomic E-state index is 0.0321. The van der Waals surface area contributed by atoms with E-state index in [1.165, 1.54) is 11.0 Å². The Balaban J connectivity index is 2.52. The van der Waals surface area contributed by atoms with Crippen molar-refractivity contribution in [3.8, 4) is 0 Å². The Kier molecular flexibility index (Phi) is 6.48. The highest BCUT2D eigenvalue weighted by atomic mass is 16.5. The van der Waals surface area contributed by atoms with Gasteiger partial charge in [-0.3, -0.25) is 9.59 Å². The van der Waals surface area contributed by atoms with Gasteiger partial charge in [-0.2, -0.15) is 0 Å². The molecule has 0 aliphatic rings. The molecule has 7 nitrogen and oxygen atoms in total. The Morgan fingerprint density at radius 1 is 1.33 bits per heavy atom. The Bertz CT molecular complexity index is 505. The highest BCUT2D eigenvalue weighted by Crippen LogP contribution is 2.17. The fraction of sp³-hybridized carbons (Fsp3) is 0.429. The van der Waals surface area contributed by atoms with Crippen LogP contribution in [0, 0.1) is 0 Å². The van der Waals surface area contributed by atoms with Gasteiger partial charge in [0.1, 0.15) is 0 Å². The molecule has 5 N–H and O–H groups in total. The molecule has 0 aromatic heterocycles. The number of amides is 2.